The van der Waals surface area contributed by atoms with E-state index < -0.39 is 38.6 Å². The number of quaternary nitrogens is 1. The van der Waals surface area contributed by atoms with E-state index in [4.69, 9.17) is 9.47 Å². The molecule has 2 aliphatic heterocycles. The van der Waals surface area contributed by atoms with Crippen LogP contribution in [0.1, 0.15) is 58.9 Å². The number of hydrogen-bond acceptors (Lipinski definition) is 8. The zero-order chi connectivity index (χ0) is 31.2. The van der Waals surface area contributed by atoms with Crippen LogP contribution >= 0.6 is 0 Å². The smallest absolute Gasteiger partial charge is 0.287 e. The number of amides is 2. The number of hydrogen-bond donors (Lipinski definition) is 3. The van der Waals surface area contributed by atoms with Crippen molar-refractivity contribution in [3.05, 3.63) is 54.1 Å². The summed E-state index contributed by atoms with van der Waals surface area (Å²) in [5, 5.41) is 16.9. The standard InChI is InChI=1S/C31H44N4O7S/c1-5-25(17-24-10-7-6-8-11-24)34(30(36)16-22(2)3)35(38,33-31(37)27-12-9-15-32-27)19-23(4)20-43(39,40)26-13-14-28-29(18-26)42-21-41-28/h6-8,10-11,13-14,18,22-23,25,27,32,38H,5,9,12,15-17,19-21H2,1-4H3/p+1/t23-,25?,27?,35?/m1/s1. The molecule has 2 heterocycles. The Bertz CT molecular complexity index is 1370. The summed E-state index contributed by atoms with van der Waals surface area (Å²) in [6.07, 6.45) is 2.51. The molecule has 3 N–H and O–H groups in total. The van der Waals surface area contributed by atoms with Gasteiger partial charge in [-0.15, -0.1) is 10.4 Å². The van der Waals surface area contributed by atoms with E-state index in [0.717, 1.165) is 12.0 Å². The number of fused-ring (bicyclic) bond motifs is 1. The van der Waals surface area contributed by atoms with Crippen LogP contribution in [0.4, 0.5) is 0 Å². The summed E-state index contributed by atoms with van der Waals surface area (Å²) >= 11 is 0. The first-order valence-corrected chi connectivity index (χ1v) is 16.7. The van der Waals surface area contributed by atoms with Crippen LogP contribution in [-0.4, -0.2) is 73.0 Å². The highest BCUT2D eigenvalue weighted by atomic mass is 32.2. The second-order valence-corrected chi connectivity index (χ2v) is 14.1. The van der Waals surface area contributed by atoms with E-state index in [1.165, 1.54) is 17.1 Å². The summed E-state index contributed by atoms with van der Waals surface area (Å²) in [4.78, 5) is 26.2. The Labute approximate surface area is 254 Å². The van der Waals surface area contributed by atoms with E-state index >= 15 is 0 Å². The van der Waals surface area contributed by atoms with Crippen LogP contribution in [0.15, 0.2) is 53.4 Å². The van der Waals surface area contributed by atoms with Crippen molar-refractivity contribution < 1.29 is 37.6 Å². The second-order valence-electron chi connectivity index (χ2n) is 12.0. The topological polar surface area (TPSA) is 134 Å². The summed E-state index contributed by atoms with van der Waals surface area (Å²) in [7, 11) is -3.82. The van der Waals surface area contributed by atoms with Crippen LogP contribution < -0.4 is 20.2 Å². The Kier molecular flexibility index (Phi) is 10.7. The number of sulfone groups is 1. The molecule has 0 aliphatic carbocycles. The first-order valence-electron chi connectivity index (χ1n) is 15.1. The molecule has 1 saturated heterocycles. The summed E-state index contributed by atoms with van der Waals surface area (Å²) in [5.41, 5.74) is 3.72. The summed E-state index contributed by atoms with van der Waals surface area (Å²) in [6.45, 7) is 7.92. The van der Waals surface area contributed by atoms with Crippen LogP contribution in [-0.2, 0) is 25.8 Å². The molecule has 236 valence electrons. The lowest BCUT2D eigenvalue weighted by atomic mass is 10.0. The van der Waals surface area contributed by atoms with Gasteiger partial charge in [0, 0.05) is 23.3 Å². The lowest BCUT2D eigenvalue weighted by Gasteiger charge is -2.43. The monoisotopic (exact) mass is 617 g/mol. The second kappa shape index (κ2) is 14.1. The van der Waals surface area contributed by atoms with E-state index in [0.29, 0.717) is 37.3 Å². The van der Waals surface area contributed by atoms with E-state index in [1.54, 1.807) is 13.0 Å². The Balaban J connectivity index is 1.66. The number of rotatable bonds is 14. The van der Waals surface area contributed by atoms with Gasteiger partial charge in [-0.3, -0.25) is 9.59 Å². The summed E-state index contributed by atoms with van der Waals surface area (Å²) in [5.74, 6) is -0.936. The maximum Gasteiger partial charge on any atom is 0.287 e. The quantitative estimate of drug-likeness (QED) is 0.216. The lowest BCUT2D eigenvalue weighted by molar-refractivity contribution is -1.21. The van der Waals surface area contributed by atoms with E-state index in [2.05, 4.69) is 10.7 Å². The first kappa shape index (κ1) is 32.7. The van der Waals surface area contributed by atoms with Crippen LogP contribution in [0.5, 0.6) is 11.5 Å². The zero-order valence-electron chi connectivity index (χ0n) is 25.5. The maximum atomic E-state index is 13.9. The molecular weight excluding hydrogens is 572 g/mol. The molecule has 11 nitrogen and oxygen atoms in total. The predicted octanol–water partition coefficient (Wildman–Crippen LogP) is 3.63. The molecule has 0 bridgehead atoms. The average molecular weight is 618 g/mol. The highest BCUT2D eigenvalue weighted by Gasteiger charge is 2.47. The van der Waals surface area contributed by atoms with Crippen molar-refractivity contribution in [2.45, 2.75) is 76.8 Å². The van der Waals surface area contributed by atoms with Crippen molar-refractivity contribution >= 4 is 21.7 Å². The van der Waals surface area contributed by atoms with Crippen LogP contribution in [0.2, 0.25) is 0 Å². The third-order valence-corrected chi connectivity index (χ3v) is 9.75. The molecule has 43 heavy (non-hydrogen) atoms. The van der Waals surface area contributed by atoms with Crippen molar-refractivity contribution in [1.29, 1.82) is 0 Å². The molecule has 2 aliphatic rings. The minimum absolute atomic E-state index is 0.00584. The molecule has 2 aromatic rings. The number of nitrogens with one attached hydrogen (secondary N) is 2. The first-order chi connectivity index (χ1) is 20.4. The Morgan fingerprint density at radius 2 is 1.84 bits per heavy atom. The number of carbonyl (C=O) groups is 2. The minimum Gasteiger partial charge on any atom is -0.454 e. The van der Waals surface area contributed by atoms with Crippen molar-refractivity contribution in [2.24, 2.45) is 11.8 Å². The van der Waals surface area contributed by atoms with Crippen LogP contribution in [0, 0.1) is 11.8 Å². The number of nitrogens with zero attached hydrogens (tertiary/aromatic N) is 2. The van der Waals surface area contributed by atoms with E-state index in [9.17, 15) is 23.2 Å². The molecule has 3 unspecified atom stereocenters. The zero-order valence-corrected chi connectivity index (χ0v) is 26.3. The van der Waals surface area contributed by atoms with Gasteiger partial charge in [0.1, 0.15) is 0 Å². The van der Waals surface area contributed by atoms with Gasteiger partial charge in [-0.2, -0.15) is 5.21 Å². The molecule has 0 radical (unpaired) electrons. The predicted molar refractivity (Wildman–Crippen MR) is 160 cm³/mol. The van der Waals surface area contributed by atoms with Gasteiger partial charge in [-0.05, 0) is 55.8 Å². The molecule has 12 heteroatoms. The van der Waals surface area contributed by atoms with E-state index in [-0.39, 0.29) is 42.2 Å². The number of hydroxylamine groups is 1. The van der Waals surface area contributed by atoms with Crippen molar-refractivity contribution in [1.82, 2.24) is 15.8 Å². The van der Waals surface area contributed by atoms with Gasteiger partial charge in [0.25, 0.3) is 11.8 Å². The molecule has 0 aromatic heterocycles. The Morgan fingerprint density at radius 3 is 2.49 bits per heavy atom. The van der Waals surface area contributed by atoms with E-state index in [1.807, 2.05) is 51.1 Å². The third-order valence-electron chi connectivity index (χ3n) is 7.77. The normalized spacial score (nSPS) is 19.1. The molecule has 4 atom stereocenters. The number of ether oxygens (including phenoxy) is 2. The molecule has 2 aromatic carbocycles. The molecular formula is C31H45N4O7S+. The SMILES string of the molecule is CCC(Cc1ccccc1)N(C(=O)CC(C)C)[N+](O)(C[C@@H](C)CS(=O)(=O)c1ccc2c(c1)OCO2)NC(=O)C1CCCN1. The molecule has 1 fully saturated rings. The fraction of sp³-hybridized carbons (Fsp3) is 0.548. The van der Waals surface area contributed by atoms with Gasteiger partial charge < -0.3 is 14.8 Å². The lowest BCUT2D eigenvalue weighted by Crippen LogP contribution is -2.73. The van der Waals surface area contributed by atoms with Gasteiger partial charge in [0.15, 0.2) is 27.9 Å². The van der Waals surface area contributed by atoms with Gasteiger partial charge in [0.05, 0.1) is 22.7 Å². The van der Waals surface area contributed by atoms with Gasteiger partial charge >= 0.3 is 0 Å². The number of benzene rings is 2. The summed E-state index contributed by atoms with van der Waals surface area (Å²) < 4.78 is 37.6. The van der Waals surface area contributed by atoms with Crippen LogP contribution in [0.25, 0.3) is 0 Å². The molecule has 0 spiro atoms. The Hall–Kier alpha value is -3.19. The Morgan fingerprint density at radius 1 is 1.12 bits per heavy atom. The highest BCUT2D eigenvalue weighted by Crippen LogP contribution is 2.34. The van der Waals surface area contributed by atoms with Crippen molar-refractivity contribution in [3.63, 3.8) is 0 Å². The molecule has 0 saturated carbocycles. The van der Waals surface area contributed by atoms with Gasteiger partial charge in [-0.25, -0.2) is 8.42 Å². The van der Waals surface area contributed by atoms with Gasteiger partial charge in [0.2, 0.25) is 6.79 Å². The minimum atomic E-state index is -3.82. The van der Waals surface area contributed by atoms with Crippen LogP contribution in [0.3, 0.4) is 0 Å². The van der Waals surface area contributed by atoms with Crippen molar-refractivity contribution in [3.8, 4) is 11.5 Å². The molecule has 2 amide bonds. The highest BCUT2D eigenvalue weighted by molar-refractivity contribution is 7.91. The number of carbonyl (C=O) groups excluding carboxylic acids is 2. The molecule has 4 rings (SSSR count). The maximum absolute atomic E-state index is 13.9. The average Bonchev–Trinajstić information content (AvgIpc) is 3.64. The fourth-order valence-electron chi connectivity index (χ4n) is 5.77. The van der Waals surface area contributed by atoms with Crippen molar-refractivity contribution in [2.75, 3.05) is 25.6 Å². The van der Waals surface area contributed by atoms with Gasteiger partial charge in [-0.1, -0.05) is 58.0 Å². The fourth-order valence-corrected chi connectivity index (χ4v) is 7.38. The largest absolute Gasteiger partial charge is 0.454 e. The third kappa shape index (κ3) is 8.26. The summed E-state index contributed by atoms with van der Waals surface area (Å²) in [6, 6.07) is 13.1.